The average molecular weight is 159 g/mol. The SMILES string of the molecule is CC/C=C(/C)C(Cl)=C(C)C. The van der Waals surface area contributed by atoms with Crippen molar-refractivity contribution >= 4 is 11.6 Å². The van der Waals surface area contributed by atoms with Crippen molar-refractivity contribution in [2.75, 3.05) is 0 Å². The molecule has 0 aromatic rings. The Balaban J connectivity index is 4.36. The minimum absolute atomic E-state index is 0.904. The molecule has 0 N–H and O–H groups in total. The monoisotopic (exact) mass is 158 g/mol. The highest BCUT2D eigenvalue weighted by molar-refractivity contribution is 6.32. The third-order valence-electron chi connectivity index (χ3n) is 1.30. The zero-order valence-corrected chi connectivity index (χ0v) is 7.92. The lowest BCUT2D eigenvalue weighted by Gasteiger charge is -1.99. The summed E-state index contributed by atoms with van der Waals surface area (Å²) in [6.07, 6.45) is 3.19. The first kappa shape index (κ1) is 9.77. The maximum absolute atomic E-state index is 5.96. The fourth-order valence-corrected chi connectivity index (χ4v) is 0.867. The summed E-state index contributed by atoms with van der Waals surface area (Å²) in [4.78, 5) is 0. The summed E-state index contributed by atoms with van der Waals surface area (Å²) in [5.41, 5.74) is 2.37. The van der Waals surface area contributed by atoms with Gasteiger partial charge in [-0.25, -0.2) is 0 Å². The molecule has 0 aromatic carbocycles. The van der Waals surface area contributed by atoms with Gasteiger partial charge in [0.15, 0.2) is 0 Å². The normalized spacial score (nSPS) is 11.5. The molecule has 0 bridgehead atoms. The Bertz CT molecular complexity index is 160. The third-order valence-corrected chi connectivity index (χ3v) is 1.97. The molecule has 0 rings (SSSR count). The summed E-state index contributed by atoms with van der Waals surface area (Å²) in [6, 6.07) is 0. The summed E-state index contributed by atoms with van der Waals surface area (Å²) in [6.45, 7) is 8.20. The van der Waals surface area contributed by atoms with Gasteiger partial charge in [0.25, 0.3) is 0 Å². The first-order valence-electron chi connectivity index (χ1n) is 3.59. The highest BCUT2D eigenvalue weighted by Gasteiger charge is 1.95. The van der Waals surface area contributed by atoms with Gasteiger partial charge in [0, 0.05) is 5.03 Å². The topological polar surface area (TPSA) is 0 Å². The van der Waals surface area contributed by atoms with Crippen LogP contribution >= 0.6 is 11.6 Å². The van der Waals surface area contributed by atoms with E-state index in [-0.39, 0.29) is 0 Å². The zero-order chi connectivity index (χ0) is 8.15. The van der Waals surface area contributed by atoms with Crippen LogP contribution in [0.2, 0.25) is 0 Å². The summed E-state index contributed by atoms with van der Waals surface area (Å²) in [5.74, 6) is 0. The summed E-state index contributed by atoms with van der Waals surface area (Å²) < 4.78 is 0. The van der Waals surface area contributed by atoms with Crippen LogP contribution in [0, 0.1) is 0 Å². The van der Waals surface area contributed by atoms with Crippen LogP contribution in [-0.2, 0) is 0 Å². The quantitative estimate of drug-likeness (QED) is 0.536. The molecule has 0 heterocycles. The predicted molar refractivity (Wildman–Crippen MR) is 48.3 cm³/mol. The molecule has 0 spiro atoms. The molecular formula is C9H15Cl. The van der Waals surface area contributed by atoms with Crippen molar-refractivity contribution < 1.29 is 0 Å². The molecule has 0 fully saturated rings. The van der Waals surface area contributed by atoms with Crippen molar-refractivity contribution in [2.45, 2.75) is 34.1 Å². The van der Waals surface area contributed by atoms with Crippen LogP contribution in [0.4, 0.5) is 0 Å². The molecule has 0 unspecified atom stereocenters. The van der Waals surface area contributed by atoms with Gasteiger partial charge in [-0.1, -0.05) is 30.2 Å². The Morgan fingerprint density at radius 1 is 1.30 bits per heavy atom. The largest absolute Gasteiger partial charge is 0.0841 e. The van der Waals surface area contributed by atoms with E-state index in [1.54, 1.807) is 0 Å². The molecule has 0 aliphatic carbocycles. The number of hydrogen-bond donors (Lipinski definition) is 0. The molecule has 0 saturated heterocycles. The first-order chi connectivity index (χ1) is 4.59. The number of rotatable bonds is 2. The van der Waals surface area contributed by atoms with E-state index < -0.39 is 0 Å². The van der Waals surface area contributed by atoms with E-state index in [4.69, 9.17) is 11.6 Å². The maximum atomic E-state index is 5.96. The summed E-state index contributed by atoms with van der Waals surface area (Å²) in [5, 5.41) is 0.904. The third kappa shape index (κ3) is 3.07. The van der Waals surface area contributed by atoms with Crippen LogP contribution in [-0.4, -0.2) is 0 Å². The fourth-order valence-electron chi connectivity index (χ4n) is 0.790. The Labute approximate surface area is 68.6 Å². The highest BCUT2D eigenvalue weighted by atomic mass is 35.5. The molecular weight excluding hydrogens is 144 g/mol. The fraction of sp³-hybridized carbons (Fsp3) is 0.556. The lowest BCUT2D eigenvalue weighted by molar-refractivity contribution is 1.18. The molecule has 0 aliphatic rings. The van der Waals surface area contributed by atoms with Crippen LogP contribution in [0.15, 0.2) is 22.3 Å². The Morgan fingerprint density at radius 3 is 2.10 bits per heavy atom. The van der Waals surface area contributed by atoms with E-state index in [1.165, 1.54) is 11.1 Å². The first-order valence-corrected chi connectivity index (χ1v) is 3.97. The van der Waals surface area contributed by atoms with E-state index in [1.807, 2.05) is 20.8 Å². The molecule has 10 heavy (non-hydrogen) atoms. The van der Waals surface area contributed by atoms with E-state index >= 15 is 0 Å². The van der Waals surface area contributed by atoms with Gasteiger partial charge in [0.2, 0.25) is 0 Å². The van der Waals surface area contributed by atoms with Crippen molar-refractivity contribution in [2.24, 2.45) is 0 Å². The van der Waals surface area contributed by atoms with E-state index in [0.29, 0.717) is 0 Å². The van der Waals surface area contributed by atoms with Gasteiger partial charge in [0.05, 0.1) is 0 Å². The van der Waals surface area contributed by atoms with E-state index in [0.717, 1.165) is 11.5 Å². The van der Waals surface area contributed by atoms with Crippen LogP contribution in [0.3, 0.4) is 0 Å². The highest BCUT2D eigenvalue weighted by Crippen LogP contribution is 2.18. The molecule has 0 amide bonds. The number of allylic oxidation sites excluding steroid dienone is 4. The van der Waals surface area contributed by atoms with Gasteiger partial charge in [-0.05, 0) is 32.8 Å². The van der Waals surface area contributed by atoms with Crippen LogP contribution in [0.5, 0.6) is 0 Å². The molecule has 0 atom stereocenters. The molecule has 0 radical (unpaired) electrons. The van der Waals surface area contributed by atoms with Gasteiger partial charge in [-0.2, -0.15) is 0 Å². The molecule has 1 heteroatoms. The molecule has 0 saturated carbocycles. The summed E-state index contributed by atoms with van der Waals surface area (Å²) in [7, 11) is 0. The second-order valence-electron chi connectivity index (χ2n) is 2.61. The van der Waals surface area contributed by atoms with Gasteiger partial charge in [-0.3, -0.25) is 0 Å². The molecule has 0 nitrogen and oxygen atoms in total. The lowest BCUT2D eigenvalue weighted by atomic mass is 10.2. The Morgan fingerprint density at radius 2 is 1.80 bits per heavy atom. The Kier molecular flexibility index (Phi) is 4.46. The lowest BCUT2D eigenvalue weighted by Crippen LogP contribution is -1.78. The predicted octanol–water partition coefficient (Wildman–Crippen LogP) is 3.88. The molecule has 58 valence electrons. The van der Waals surface area contributed by atoms with Crippen molar-refractivity contribution in [1.29, 1.82) is 0 Å². The molecule has 0 aromatic heterocycles. The van der Waals surface area contributed by atoms with Crippen molar-refractivity contribution in [3.63, 3.8) is 0 Å². The van der Waals surface area contributed by atoms with Crippen LogP contribution in [0.1, 0.15) is 34.1 Å². The second kappa shape index (κ2) is 4.56. The summed E-state index contributed by atoms with van der Waals surface area (Å²) >= 11 is 5.96. The van der Waals surface area contributed by atoms with E-state index in [9.17, 15) is 0 Å². The van der Waals surface area contributed by atoms with Crippen molar-refractivity contribution in [1.82, 2.24) is 0 Å². The smallest absolute Gasteiger partial charge is 0.0418 e. The molecule has 0 aliphatic heterocycles. The average Bonchev–Trinajstić information content (AvgIpc) is 1.87. The zero-order valence-electron chi connectivity index (χ0n) is 7.16. The standard InChI is InChI=1S/C9H15Cl/c1-5-6-8(4)9(10)7(2)3/h6H,5H2,1-4H3/b8-6-. The minimum atomic E-state index is 0.904. The van der Waals surface area contributed by atoms with Gasteiger partial charge in [-0.15, -0.1) is 0 Å². The van der Waals surface area contributed by atoms with E-state index in [2.05, 4.69) is 13.0 Å². The second-order valence-corrected chi connectivity index (χ2v) is 2.99. The van der Waals surface area contributed by atoms with Crippen molar-refractivity contribution in [3.05, 3.63) is 22.3 Å². The Hall–Kier alpha value is -0.230. The van der Waals surface area contributed by atoms with Crippen molar-refractivity contribution in [3.8, 4) is 0 Å². The minimum Gasteiger partial charge on any atom is -0.0841 e. The van der Waals surface area contributed by atoms with Gasteiger partial charge in [0.1, 0.15) is 0 Å². The number of hydrogen-bond acceptors (Lipinski definition) is 0. The van der Waals surface area contributed by atoms with Crippen LogP contribution < -0.4 is 0 Å². The van der Waals surface area contributed by atoms with Gasteiger partial charge >= 0.3 is 0 Å². The number of halogens is 1. The van der Waals surface area contributed by atoms with Gasteiger partial charge < -0.3 is 0 Å². The maximum Gasteiger partial charge on any atom is 0.0418 e. The van der Waals surface area contributed by atoms with Crippen LogP contribution in [0.25, 0.3) is 0 Å².